The van der Waals surface area contributed by atoms with E-state index in [1.54, 1.807) is 0 Å². The molecule has 7 heteroatoms. The molecule has 37 heavy (non-hydrogen) atoms. The van der Waals surface area contributed by atoms with E-state index < -0.39 is 0 Å². The SMILES string of the molecule is N[C@H]1CCCC[C@@H]1NC(=O)c1ccc(Nc2cc(-c3ccc(OCc4ccccc4)cc3)ncn2)cc1. The summed E-state index contributed by atoms with van der Waals surface area (Å²) in [4.78, 5) is 21.4. The van der Waals surface area contributed by atoms with Gasteiger partial charge in [-0.15, -0.1) is 0 Å². The zero-order valence-corrected chi connectivity index (χ0v) is 20.6. The normalized spacial score (nSPS) is 17.1. The van der Waals surface area contributed by atoms with Crippen LogP contribution in [0.5, 0.6) is 5.75 Å². The molecule has 2 atom stereocenters. The molecule has 1 amide bonds. The lowest BCUT2D eigenvalue weighted by Gasteiger charge is -2.29. The molecule has 0 saturated heterocycles. The fourth-order valence-electron chi connectivity index (χ4n) is 4.49. The van der Waals surface area contributed by atoms with Gasteiger partial charge in [-0.25, -0.2) is 9.97 Å². The highest BCUT2D eigenvalue weighted by molar-refractivity contribution is 5.94. The van der Waals surface area contributed by atoms with E-state index in [-0.39, 0.29) is 18.0 Å². The van der Waals surface area contributed by atoms with Gasteiger partial charge < -0.3 is 21.1 Å². The van der Waals surface area contributed by atoms with E-state index in [1.807, 2.05) is 84.9 Å². The highest BCUT2D eigenvalue weighted by atomic mass is 16.5. The summed E-state index contributed by atoms with van der Waals surface area (Å²) in [5.74, 6) is 1.38. The van der Waals surface area contributed by atoms with Gasteiger partial charge in [-0.3, -0.25) is 4.79 Å². The number of nitrogens with zero attached hydrogens (tertiary/aromatic N) is 2. The Kier molecular flexibility index (Phi) is 7.72. The minimum atomic E-state index is -0.0885. The van der Waals surface area contributed by atoms with Crippen LogP contribution < -0.4 is 21.1 Å². The molecule has 7 nitrogen and oxygen atoms in total. The number of hydrogen-bond acceptors (Lipinski definition) is 6. The van der Waals surface area contributed by atoms with Crippen LogP contribution >= 0.6 is 0 Å². The van der Waals surface area contributed by atoms with Crippen LogP contribution in [0.15, 0.2) is 91.3 Å². The highest BCUT2D eigenvalue weighted by Crippen LogP contribution is 2.24. The molecule has 1 aliphatic carbocycles. The largest absolute Gasteiger partial charge is 0.489 e. The molecule has 1 saturated carbocycles. The fraction of sp³-hybridized carbons (Fsp3) is 0.233. The number of amides is 1. The Morgan fingerprint density at radius 1 is 0.919 bits per heavy atom. The second-order valence-corrected chi connectivity index (χ2v) is 9.32. The van der Waals surface area contributed by atoms with Crippen molar-refractivity contribution >= 4 is 17.4 Å². The molecular weight excluding hydrogens is 462 g/mol. The molecule has 188 valence electrons. The number of rotatable bonds is 8. The van der Waals surface area contributed by atoms with Crippen molar-refractivity contribution in [3.63, 3.8) is 0 Å². The predicted octanol–water partition coefficient (Wildman–Crippen LogP) is 5.47. The summed E-state index contributed by atoms with van der Waals surface area (Å²) < 4.78 is 5.88. The van der Waals surface area contributed by atoms with Gasteiger partial charge in [0.15, 0.2) is 0 Å². The number of aromatic nitrogens is 2. The summed E-state index contributed by atoms with van der Waals surface area (Å²) in [7, 11) is 0. The molecule has 1 heterocycles. The van der Waals surface area contributed by atoms with E-state index in [2.05, 4.69) is 20.6 Å². The summed E-state index contributed by atoms with van der Waals surface area (Å²) >= 11 is 0. The van der Waals surface area contributed by atoms with Gasteiger partial charge in [0, 0.05) is 35.0 Å². The van der Waals surface area contributed by atoms with Gasteiger partial charge in [-0.2, -0.15) is 0 Å². The van der Waals surface area contributed by atoms with E-state index in [9.17, 15) is 4.79 Å². The molecular formula is C30H31N5O2. The van der Waals surface area contributed by atoms with Gasteiger partial charge in [0.1, 0.15) is 24.5 Å². The molecule has 1 aliphatic rings. The molecule has 0 spiro atoms. The number of nitrogens with two attached hydrogens (primary N) is 1. The monoisotopic (exact) mass is 493 g/mol. The summed E-state index contributed by atoms with van der Waals surface area (Å²) in [6, 6.07) is 27.3. The average Bonchev–Trinajstić information content (AvgIpc) is 2.94. The van der Waals surface area contributed by atoms with Gasteiger partial charge in [0.2, 0.25) is 0 Å². The molecule has 4 N–H and O–H groups in total. The van der Waals surface area contributed by atoms with E-state index in [0.717, 1.165) is 53.9 Å². The van der Waals surface area contributed by atoms with Crippen LogP contribution in [0.1, 0.15) is 41.6 Å². The first-order valence-corrected chi connectivity index (χ1v) is 12.7. The lowest BCUT2D eigenvalue weighted by Crippen LogP contribution is -2.49. The van der Waals surface area contributed by atoms with Crippen molar-refractivity contribution in [3.05, 3.63) is 102 Å². The van der Waals surface area contributed by atoms with E-state index in [1.165, 1.54) is 6.33 Å². The second kappa shape index (κ2) is 11.7. The van der Waals surface area contributed by atoms with Crippen LogP contribution in [-0.4, -0.2) is 28.0 Å². The van der Waals surface area contributed by atoms with Crippen LogP contribution in [0, 0.1) is 0 Å². The van der Waals surface area contributed by atoms with Gasteiger partial charge in [0.25, 0.3) is 5.91 Å². The van der Waals surface area contributed by atoms with Gasteiger partial charge in [0.05, 0.1) is 5.69 Å². The fourth-order valence-corrected chi connectivity index (χ4v) is 4.49. The van der Waals surface area contributed by atoms with Gasteiger partial charge >= 0.3 is 0 Å². The third-order valence-corrected chi connectivity index (χ3v) is 6.62. The molecule has 4 aromatic rings. The number of carbonyl (C=O) groups is 1. The Labute approximate surface area is 217 Å². The summed E-state index contributed by atoms with van der Waals surface area (Å²) in [6.45, 7) is 0.524. The Bertz CT molecular complexity index is 1310. The van der Waals surface area contributed by atoms with Crippen LogP contribution in [-0.2, 0) is 6.61 Å². The number of anilines is 2. The lowest BCUT2D eigenvalue weighted by molar-refractivity contribution is 0.0921. The van der Waals surface area contributed by atoms with Crippen LogP contribution in [0.3, 0.4) is 0 Å². The third kappa shape index (κ3) is 6.51. The zero-order valence-electron chi connectivity index (χ0n) is 20.6. The average molecular weight is 494 g/mol. The number of hydrogen-bond donors (Lipinski definition) is 3. The van der Waals surface area contributed by atoms with Crippen molar-refractivity contribution in [3.8, 4) is 17.0 Å². The Morgan fingerprint density at radius 3 is 2.43 bits per heavy atom. The number of nitrogens with one attached hydrogen (secondary N) is 2. The minimum absolute atomic E-state index is 0.0311. The number of ether oxygens (including phenoxy) is 1. The first kappa shape index (κ1) is 24.5. The first-order valence-electron chi connectivity index (χ1n) is 12.7. The predicted molar refractivity (Wildman–Crippen MR) is 146 cm³/mol. The molecule has 0 aliphatic heterocycles. The Balaban J connectivity index is 1.19. The molecule has 1 fully saturated rings. The van der Waals surface area contributed by atoms with Crippen molar-refractivity contribution < 1.29 is 9.53 Å². The summed E-state index contributed by atoms with van der Waals surface area (Å²) in [5, 5.41) is 6.38. The van der Waals surface area contributed by atoms with Crippen LogP contribution in [0.25, 0.3) is 11.3 Å². The highest BCUT2D eigenvalue weighted by Gasteiger charge is 2.23. The van der Waals surface area contributed by atoms with Gasteiger partial charge in [-0.1, -0.05) is 43.2 Å². The molecule has 5 rings (SSSR count). The quantitative estimate of drug-likeness (QED) is 0.301. The van der Waals surface area contributed by atoms with E-state index in [4.69, 9.17) is 10.5 Å². The Hall–Kier alpha value is -4.23. The smallest absolute Gasteiger partial charge is 0.251 e. The molecule has 3 aromatic carbocycles. The third-order valence-electron chi connectivity index (χ3n) is 6.62. The summed E-state index contributed by atoms with van der Waals surface area (Å²) in [5.41, 5.74) is 10.5. The van der Waals surface area contributed by atoms with Crippen molar-refractivity contribution in [2.45, 2.75) is 44.4 Å². The lowest BCUT2D eigenvalue weighted by atomic mass is 9.91. The number of carbonyl (C=O) groups excluding carboxylic acids is 1. The van der Waals surface area contributed by atoms with Crippen molar-refractivity contribution in [1.29, 1.82) is 0 Å². The maximum absolute atomic E-state index is 12.7. The van der Waals surface area contributed by atoms with Crippen molar-refractivity contribution in [1.82, 2.24) is 15.3 Å². The Morgan fingerprint density at radius 2 is 1.68 bits per heavy atom. The van der Waals surface area contributed by atoms with Gasteiger partial charge in [-0.05, 0) is 66.9 Å². The van der Waals surface area contributed by atoms with Crippen LogP contribution in [0.4, 0.5) is 11.5 Å². The molecule has 0 bridgehead atoms. The first-order chi connectivity index (χ1) is 18.1. The van der Waals surface area contributed by atoms with Crippen LogP contribution in [0.2, 0.25) is 0 Å². The topological polar surface area (TPSA) is 102 Å². The minimum Gasteiger partial charge on any atom is -0.489 e. The zero-order chi connectivity index (χ0) is 25.5. The molecule has 0 radical (unpaired) electrons. The number of benzene rings is 3. The maximum atomic E-state index is 12.7. The maximum Gasteiger partial charge on any atom is 0.251 e. The molecule has 0 unspecified atom stereocenters. The van der Waals surface area contributed by atoms with E-state index in [0.29, 0.717) is 18.0 Å². The van der Waals surface area contributed by atoms with Crippen molar-refractivity contribution in [2.24, 2.45) is 5.73 Å². The molecule has 1 aromatic heterocycles. The standard InChI is InChI=1S/C30H31N5O2/c31-26-8-4-5-9-27(26)35-30(36)23-10-14-24(15-11-23)34-29-18-28(32-20-33-29)22-12-16-25(17-13-22)37-19-21-6-2-1-3-7-21/h1-3,6-7,10-18,20,26-27H,4-5,8-9,19,31H2,(H,35,36)(H,32,33,34)/t26-,27-/m0/s1. The summed E-state index contributed by atoms with van der Waals surface area (Å²) in [6.07, 6.45) is 5.67. The second-order valence-electron chi connectivity index (χ2n) is 9.32. The van der Waals surface area contributed by atoms with Crippen molar-refractivity contribution in [2.75, 3.05) is 5.32 Å². The van der Waals surface area contributed by atoms with E-state index >= 15 is 0 Å².